The topological polar surface area (TPSA) is 32.3 Å². The highest BCUT2D eigenvalue weighted by Gasteiger charge is 2.13. The number of nitrogens with zero attached hydrogens (tertiary/aromatic N) is 1. The molecule has 1 aromatic carbocycles. The number of benzene rings is 1. The third kappa shape index (κ3) is 4.26. The number of anilines is 1. The molecule has 1 amide bonds. The fourth-order valence-corrected chi connectivity index (χ4v) is 2.92. The molecule has 3 heteroatoms. The Hall–Kier alpha value is -1.51. The normalized spacial score (nSPS) is 15.9. The first-order valence-corrected chi connectivity index (χ1v) is 7.72. The van der Waals surface area contributed by atoms with Crippen LogP contribution in [0.25, 0.3) is 0 Å². The van der Waals surface area contributed by atoms with Crippen LogP contribution in [0.15, 0.2) is 24.3 Å². The summed E-state index contributed by atoms with van der Waals surface area (Å²) in [5, 5.41) is 3.46. The van der Waals surface area contributed by atoms with Gasteiger partial charge in [-0.25, -0.2) is 0 Å². The molecular formula is C17H26N2O. The number of hydrogen-bond donors (Lipinski definition) is 1. The summed E-state index contributed by atoms with van der Waals surface area (Å²) in [7, 11) is 3.57. The van der Waals surface area contributed by atoms with Gasteiger partial charge < -0.3 is 10.2 Å². The third-order valence-electron chi connectivity index (χ3n) is 4.12. The summed E-state index contributed by atoms with van der Waals surface area (Å²) in [6, 6.07) is 7.80. The van der Waals surface area contributed by atoms with Gasteiger partial charge in [-0.3, -0.25) is 4.79 Å². The Balaban J connectivity index is 1.83. The van der Waals surface area contributed by atoms with E-state index in [9.17, 15) is 4.79 Å². The highest BCUT2D eigenvalue weighted by atomic mass is 16.2. The van der Waals surface area contributed by atoms with Crippen LogP contribution in [0.3, 0.4) is 0 Å². The van der Waals surface area contributed by atoms with Crippen molar-refractivity contribution in [3.63, 3.8) is 0 Å². The van der Waals surface area contributed by atoms with Crippen LogP contribution in [0.5, 0.6) is 0 Å². The van der Waals surface area contributed by atoms with E-state index in [0.717, 1.165) is 23.7 Å². The predicted molar refractivity (Wildman–Crippen MR) is 84.1 cm³/mol. The fraction of sp³-hybridized carbons (Fsp3) is 0.588. The van der Waals surface area contributed by atoms with Crippen molar-refractivity contribution in [1.29, 1.82) is 0 Å². The van der Waals surface area contributed by atoms with E-state index in [-0.39, 0.29) is 5.91 Å². The van der Waals surface area contributed by atoms with Crippen molar-refractivity contribution < 1.29 is 4.79 Å². The molecule has 0 aromatic heterocycles. The smallest absolute Gasteiger partial charge is 0.253 e. The van der Waals surface area contributed by atoms with Crippen LogP contribution in [0, 0.1) is 5.92 Å². The van der Waals surface area contributed by atoms with Crippen LogP contribution in [0.4, 0.5) is 5.69 Å². The van der Waals surface area contributed by atoms with E-state index in [2.05, 4.69) is 5.32 Å². The second kappa shape index (κ2) is 7.32. The van der Waals surface area contributed by atoms with Crippen LogP contribution in [0.2, 0.25) is 0 Å². The number of amides is 1. The summed E-state index contributed by atoms with van der Waals surface area (Å²) < 4.78 is 0. The SMILES string of the molecule is CN(C)C(=O)c1cccc(NCCC2CCCCC2)c1. The average molecular weight is 274 g/mol. The summed E-state index contributed by atoms with van der Waals surface area (Å²) >= 11 is 0. The molecule has 0 spiro atoms. The van der Waals surface area contributed by atoms with Gasteiger partial charge in [0.2, 0.25) is 0 Å². The first-order chi connectivity index (χ1) is 9.66. The molecule has 1 aliphatic rings. The van der Waals surface area contributed by atoms with Crippen molar-refractivity contribution in [2.24, 2.45) is 5.92 Å². The van der Waals surface area contributed by atoms with E-state index < -0.39 is 0 Å². The maximum absolute atomic E-state index is 11.9. The summed E-state index contributed by atoms with van der Waals surface area (Å²) in [6.07, 6.45) is 8.24. The van der Waals surface area contributed by atoms with Gasteiger partial charge in [-0.05, 0) is 30.5 Å². The third-order valence-corrected chi connectivity index (χ3v) is 4.12. The van der Waals surface area contributed by atoms with Crippen molar-refractivity contribution in [2.75, 3.05) is 26.0 Å². The zero-order valence-electron chi connectivity index (χ0n) is 12.7. The predicted octanol–water partition coefficient (Wildman–Crippen LogP) is 3.77. The molecule has 3 nitrogen and oxygen atoms in total. The lowest BCUT2D eigenvalue weighted by atomic mass is 9.87. The molecule has 0 heterocycles. The average Bonchev–Trinajstić information content (AvgIpc) is 2.48. The summed E-state index contributed by atoms with van der Waals surface area (Å²) in [6.45, 7) is 1.00. The van der Waals surface area contributed by atoms with Gasteiger partial charge in [0.15, 0.2) is 0 Å². The van der Waals surface area contributed by atoms with Gasteiger partial charge >= 0.3 is 0 Å². The van der Waals surface area contributed by atoms with E-state index in [4.69, 9.17) is 0 Å². The van der Waals surface area contributed by atoms with E-state index in [1.54, 1.807) is 19.0 Å². The summed E-state index contributed by atoms with van der Waals surface area (Å²) in [5.41, 5.74) is 1.80. The first kappa shape index (κ1) is 14.9. The summed E-state index contributed by atoms with van der Waals surface area (Å²) in [4.78, 5) is 13.5. The van der Waals surface area contributed by atoms with Gasteiger partial charge in [-0.1, -0.05) is 38.2 Å². The van der Waals surface area contributed by atoms with Crippen LogP contribution in [-0.4, -0.2) is 31.4 Å². The molecule has 1 N–H and O–H groups in total. The molecule has 0 unspecified atom stereocenters. The Bertz CT molecular complexity index is 436. The number of rotatable bonds is 5. The lowest BCUT2D eigenvalue weighted by molar-refractivity contribution is 0.0827. The summed E-state index contributed by atoms with van der Waals surface area (Å²) in [5.74, 6) is 0.948. The number of nitrogens with one attached hydrogen (secondary N) is 1. The maximum atomic E-state index is 11.9. The van der Waals surface area contributed by atoms with Crippen molar-refractivity contribution >= 4 is 11.6 Å². The van der Waals surface area contributed by atoms with Gasteiger partial charge in [0.05, 0.1) is 0 Å². The molecule has 1 aromatic rings. The van der Waals surface area contributed by atoms with Crippen molar-refractivity contribution in [3.8, 4) is 0 Å². The molecule has 1 fully saturated rings. The Morgan fingerprint density at radius 1 is 1.25 bits per heavy atom. The molecule has 0 atom stereocenters. The second-order valence-corrected chi connectivity index (χ2v) is 6.00. The monoisotopic (exact) mass is 274 g/mol. The molecule has 110 valence electrons. The van der Waals surface area contributed by atoms with Gasteiger partial charge in [0.25, 0.3) is 5.91 Å². The highest BCUT2D eigenvalue weighted by Crippen LogP contribution is 2.26. The van der Waals surface area contributed by atoms with Crippen molar-refractivity contribution in [3.05, 3.63) is 29.8 Å². The molecule has 0 bridgehead atoms. The minimum absolute atomic E-state index is 0.0564. The van der Waals surface area contributed by atoms with Crippen LogP contribution < -0.4 is 5.32 Å². The zero-order valence-corrected chi connectivity index (χ0v) is 12.7. The Morgan fingerprint density at radius 3 is 2.70 bits per heavy atom. The van der Waals surface area contributed by atoms with Crippen LogP contribution in [-0.2, 0) is 0 Å². The highest BCUT2D eigenvalue weighted by molar-refractivity contribution is 5.94. The van der Waals surface area contributed by atoms with E-state index in [1.165, 1.54) is 38.5 Å². The minimum Gasteiger partial charge on any atom is -0.385 e. The zero-order chi connectivity index (χ0) is 14.4. The number of carbonyl (C=O) groups excluding carboxylic acids is 1. The molecule has 20 heavy (non-hydrogen) atoms. The maximum Gasteiger partial charge on any atom is 0.253 e. The number of carbonyl (C=O) groups is 1. The molecule has 2 rings (SSSR count). The molecule has 1 aliphatic carbocycles. The molecular weight excluding hydrogens is 248 g/mol. The van der Waals surface area contributed by atoms with Gasteiger partial charge in [0, 0.05) is 31.9 Å². The first-order valence-electron chi connectivity index (χ1n) is 7.72. The molecule has 0 radical (unpaired) electrons. The Kier molecular flexibility index (Phi) is 5.45. The fourth-order valence-electron chi connectivity index (χ4n) is 2.92. The second-order valence-electron chi connectivity index (χ2n) is 6.00. The lowest BCUT2D eigenvalue weighted by Gasteiger charge is -2.21. The number of hydrogen-bond acceptors (Lipinski definition) is 2. The van der Waals surface area contributed by atoms with E-state index >= 15 is 0 Å². The largest absolute Gasteiger partial charge is 0.385 e. The molecule has 0 saturated heterocycles. The quantitative estimate of drug-likeness (QED) is 0.886. The minimum atomic E-state index is 0.0564. The Morgan fingerprint density at radius 2 is 2.00 bits per heavy atom. The van der Waals surface area contributed by atoms with E-state index in [0.29, 0.717) is 0 Å². The van der Waals surface area contributed by atoms with Gasteiger partial charge in [-0.15, -0.1) is 0 Å². The van der Waals surface area contributed by atoms with Crippen LogP contribution >= 0.6 is 0 Å². The van der Waals surface area contributed by atoms with Gasteiger partial charge in [-0.2, -0.15) is 0 Å². The van der Waals surface area contributed by atoms with E-state index in [1.807, 2.05) is 24.3 Å². The van der Waals surface area contributed by atoms with Crippen molar-refractivity contribution in [1.82, 2.24) is 4.90 Å². The van der Waals surface area contributed by atoms with Gasteiger partial charge in [0.1, 0.15) is 0 Å². The van der Waals surface area contributed by atoms with Crippen LogP contribution in [0.1, 0.15) is 48.9 Å². The molecule has 0 aliphatic heterocycles. The Labute approximate surface area is 122 Å². The molecule has 1 saturated carbocycles. The lowest BCUT2D eigenvalue weighted by Crippen LogP contribution is -2.21. The van der Waals surface area contributed by atoms with Crippen molar-refractivity contribution in [2.45, 2.75) is 38.5 Å². The standard InChI is InChI=1S/C17H26N2O/c1-19(2)17(20)15-9-6-10-16(13-15)18-12-11-14-7-4-3-5-8-14/h6,9-10,13-14,18H,3-5,7-8,11-12H2,1-2H3.